The maximum Gasteiger partial charge on any atom is 0.251 e. The smallest absolute Gasteiger partial charge is 0.251 e. The molecular formula is C24H29N3O. The van der Waals surface area contributed by atoms with Crippen LogP contribution in [0.2, 0.25) is 0 Å². The van der Waals surface area contributed by atoms with Gasteiger partial charge in [0.05, 0.1) is 18.3 Å². The zero-order valence-electron chi connectivity index (χ0n) is 17.1. The summed E-state index contributed by atoms with van der Waals surface area (Å²) in [4.78, 5) is 12.8. The van der Waals surface area contributed by atoms with Gasteiger partial charge in [0.25, 0.3) is 5.91 Å². The molecule has 0 fully saturated rings. The molecule has 3 aromatic rings. The van der Waals surface area contributed by atoms with Gasteiger partial charge in [0.2, 0.25) is 0 Å². The number of carbonyl (C=O) groups excluding carboxylic acids is 1. The Bertz CT molecular complexity index is 911. The summed E-state index contributed by atoms with van der Waals surface area (Å²) in [6, 6.07) is 20.1. The third-order valence-electron chi connectivity index (χ3n) is 4.87. The molecule has 0 bridgehead atoms. The molecule has 0 saturated carbocycles. The molecule has 0 aliphatic heterocycles. The minimum atomic E-state index is -0.0350. The summed E-state index contributed by atoms with van der Waals surface area (Å²) >= 11 is 0. The van der Waals surface area contributed by atoms with Gasteiger partial charge in [-0.05, 0) is 55.5 Å². The maximum atomic E-state index is 12.8. The second-order valence-corrected chi connectivity index (χ2v) is 7.85. The predicted octanol–water partition coefficient (Wildman–Crippen LogP) is 5.07. The van der Waals surface area contributed by atoms with Crippen LogP contribution in [-0.2, 0) is 6.54 Å². The predicted molar refractivity (Wildman–Crippen MR) is 113 cm³/mol. The highest BCUT2D eigenvalue weighted by Crippen LogP contribution is 2.22. The first kappa shape index (κ1) is 19.9. The lowest BCUT2D eigenvalue weighted by Gasteiger charge is -2.21. The molecule has 0 aliphatic carbocycles. The number of hydrogen-bond acceptors (Lipinski definition) is 2. The second-order valence-electron chi connectivity index (χ2n) is 7.85. The monoisotopic (exact) mass is 375 g/mol. The number of aryl methyl sites for hydroxylation is 2. The zero-order valence-corrected chi connectivity index (χ0v) is 17.1. The zero-order chi connectivity index (χ0) is 20.1. The molecule has 1 heterocycles. The Labute approximate surface area is 167 Å². The van der Waals surface area contributed by atoms with E-state index in [1.54, 1.807) is 0 Å². The molecule has 0 aliphatic rings. The van der Waals surface area contributed by atoms with Crippen molar-refractivity contribution in [2.45, 2.75) is 46.7 Å². The SMILES string of the molecule is Cc1cc(C)n(Cc2ccc(C(=O)N[C@H](CC(C)C)c3ccccc3)cc2)n1. The molecule has 1 amide bonds. The van der Waals surface area contributed by atoms with Crippen LogP contribution in [0.4, 0.5) is 0 Å². The van der Waals surface area contributed by atoms with Crippen LogP contribution in [0.15, 0.2) is 60.7 Å². The van der Waals surface area contributed by atoms with Gasteiger partial charge in [0.1, 0.15) is 0 Å². The number of benzene rings is 2. The van der Waals surface area contributed by atoms with Crippen LogP contribution in [0.5, 0.6) is 0 Å². The first-order valence-electron chi connectivity index (χ1n) is 9.88. The lowest BCUT2D eigenvalue weighted by molar-refractivity contribution is 0.0932. The van der Waals surface area contributed by atoms with E-state index in [0.29, 0.717) is 18.0 Å². The minimum Gasteiger partial charge on any atom is -0.345 e. The highest BCUT2D eigenvalue weighted by Gasteiger charge is 2.17. The van der Waals surface area contributed by atoms with Crippen LogP contribution in [0.3, 0.4) is 0 Å². The van der Waals surface area contributed by atoms with E-state index in [9.17, 15) is 4.79 Å². The highest BCUT2D eigenvalue weighted by molar-refractivity contribution is 5.94. The molecule has 4 nitrogen and oxygen atoms in total. The first-order chi connectivity index (χ1) is 13.4. The van der Waals surface area contributed by atoms with E-state index >= 15 is 0 Å². The van der Waals surface area contributed by atoms with E-state index in [4.69, 9.17) is 0 Å². The second kappa shape index (κ2) is 8.87. The molecule has 1 aromatic heterocycles. The lowest BCUT2D eigenvalue weighted by Crippen LogP contribution is -2.29. The minimum absolute atomic E-state index is 0.0167. The van der Waals surface area contributed by atoms with Gasteiger partial charge in [-0.1, -0.05) is 56.3 Å². The summed E-state index contributed by atoms with van der Waals surface area (Å²) in [5.74, 6) is 0.459. The van der Waals surface area contributed by atoms with E-state index in [0.717, 1.165) is 28.9 Å². The number of nitrogens with one attached hydrogen (secondary N) is 1. The number of rotatable bonds is 7. The molecule has 3 rings (SSSR count). The van der Waals surface area contributed by atoms with Gasteiger partial charge in [-0.3, -0.25) is 9.48 Å². The van der Waals surface area contributed by atoms with Crippen LogP contribution in [0.25, 0.3) is 0 Å². The van der Waals surface area contributed by atoms with Crippen molar-refractivity contribution >= 4 is 5.91 Å². The molecule has 28 heavy (non-hydrogen) atoms. The van der Waals surface area contributed by atoms with Crippen molar-refractivity contribution in [3.05, 3.63) is 88.7 Å². The summed E-state index contributed by atoms with van der Waals surface area (Å²) in [6.45, 7) is 9.12. The van der Waals surface area contributed by atoms with Crippen LogP contribution in [0, 0.1) is 19.8 Å². The van der Waals surface area contributed by atoms with Crippen molar-refractivity contribution in [1.29, 1.82) is 0 Å². The Morgan fingerprint density at radius 1 is 1.04 bits per heavy atom. The fourth-order valence-corrected chi connectivity index (χ4v) is 3.45. The van der Waals surface area contributed by atoms with Crippen LogP contribution >= 0.6 is 0 Å². The Morgan fingerprint density at radius 3 is 2.29 bits per heavy atom. The third-order valence-corrected chi connectivity index (χ3v) is 4.87. The van der Waals surface area contributed by atoms with Gasteiger partial charge in [-0.2, -0.15) is 5.10 Å². The first-order valence-corrected chi connectivity index (χ1v) is 9.88. The number of aromatic nitrogens is 2. The van der Waals surface area contributed by atoms with Crippen molar-refractivity contribution in [2.24, 2.45) is 5.92 Å². The van der Waals surface area contributed by atoms with E-state index in [-0.39, 0.29) is 11.9 Å². The number of amides is 1. The Hall–Kier alpha value is -2.88. The number of carbonyl (C=O) groups is 1. The van der Waals surface area contributed by atoms with Crippen LogP contribution < -0.4 is 5.32 Å². The molecule has 146 valence electrons. The largest absolute Gasteiger partial charge is 0.345 e. The summed E-state index contributed by atoms with van der Waals surface area (Å²) in [5.41, 5.74) is 5.11. The molecule has 1 atom stereocenters. The Kier molecular flexibility index (Phi) is 6.30. The summed E-state index contributed by atoms with van der Waals surface area (Å²) in [5, 5.41) is 7.71. The topological polar surface area (TPSA) is 46.9 Å². The molecule has 0 unspecified atom stereocenters. The van der Waals surface area contributed by atoms with Gasteiger partial charge in [0, 0.05) is 11.3 Å². The Balaban J connectivity index is 1.70. The van der Waals surface area contributed by atoms with Gasteiger partial charge in [0.15, 0.2) is 0 Å². The molecule has 1 N–H and O–H groups in total. The van der Waals surface area contributed by atoms with Crippen molar-refractivity contribution in [3.8, 4) is 0 Å². The molecule has 4 heteroatoms. The lowest BCUT2D eigenvalue weighted by atomic mass is 9.96. The van der Waals surface area contributed by atoms with E-state index in [1.807, 2.05) is 54.1 Å². The average Bonchev–Trinajstić information content (AvgIpc) is 2.99. The number of hydrogen-bond donors (Lipinski definition) is 1. The number of nitrogens with zero attached hydrogens (tertiary/aromatic N) is 2. The summed E-state index contributed by atoms with van der Waals surface area (Å²) in [7, 11) is 0. The van der Waals surface area contributed by atoms with Crippen molar-refractivity contribution in [2.75, 3.05) is 0 Å². The van der Waals surface area contributed by atoms with Gasteiger partial charge in [-0.15, -0.1) is 0 Å². The molecule has 0 spiro atoms. The summed E-state index contributed by atoms with van der Waals surface area (Å²) < 4.78 is 1.98. The quantitative estimate of drug-likeness (QED) is 0.627. The summed E-state index contributed by atoms with van der Waals surface area (Å²) in [6.07, 6.45) is 0.908. The Morgan fingerprint density at radius 2 is 1.71 bits per heavy atom. The molecule has 0 radical (unpaired) electrons. The average molecular weight is 376 g/mol. The van der Waals surface area contributed by atoms with Crippen molar-refractivity contribution < 1.29 is 4.79 Å². The fraction of sp³-hybridized carbons (Fsp3) is 0.333. The van der Waals surface area contributed by atoms with E-state index in [2.05, 4.69) is 49.4 Å². The van der Waals surface area contributed by atoms with E-state index < -0.39 is 0 Å². The van der Waals surface area contributed by atoms with Gasteiger partial charge >= 0.3 is 0 Å². The standard InChI is InChI=1S/C24H29N3O/c1-17(2)14-23(21-8-6-5-7-9-21)25-24(28)22-12-10-20(11-13-22)16-27-19(4)15-18(3)26-27/h5-13,15,17,23H,14,16H2,1-4H3,(H,25,28)/t23-/m1/s1. The molecule has 2 aromatic carbocycles. The van der Waals surface area contributed by atoms with E-state index in [1.165, 1.54) is 0 Å². The molecular weight excluding hydrogens is 346 g/mol. The van der Waals surface area contributed by atoms with Crippen molar-refractivity contribution in [1.82, 2.24) is 15.1 Å². The van der Waals surface area contributed by atoms with Crippen LogP contribution in [-0.4, -0.2) is 15.7 Å². The fourth-order valence-electron chi connectivity index (χ4n) is 3.45. The highest BCUT2D eigenvalue weighted by atomic mass is 16.1. The van der Waals surface area contributed by atoms with Crippen LogP contribution in [0.1, 0.15) is 59.2 Å². The van der Waals surface area contributed by atoms with Gasteiger partial charge < -0.3 is 5.32 Å². The van der Waals surface area contributed by atoms with Gasteiger partial charge in [-0.25, -0.2) is 0 Å². The third kappa shape index (κ3) is 5.10. The molecule has 0 saturated heterocycles. The van der Waals surface area contributed by atoms with Crippen molar-refractivity contribution in [3.63, 3.8) is 0 Å². The normalized spacial score (nSPS) is 12.2. The maximum absolute atomic E-state index is 12.8.